The number of hydrogen-bond donors (Lipinski definition) is 0. The van der Waals surface area contributed by atoms with E-state index in [-0.39, 0.29) is 0 Å². The summed E-state index contributed by atoms with van der Waals surface area (Å²) in [5.74, 6) is -0.408. The van der Waals surface area contributed by atoms with Crippen molar-refractivity contribution in [1.82, 2.24) is 0 Å². The first kappa shape index (κ1) is 9.90. The Morgan fingerprint density at radius 3 is 2.18 bits per heavy atom. The number of hydrogen-bond acceptors (Lipinski definition) is 2. The molecule has 0 amide bonds. The molecule has 11 heavy (non-hydrogen) atoms. The van der Waals surface area contributed by atoms with Crippen LogP contribution in [0, 0.1) is 0 Å². The average molecular weight is 282 g/mol. The van der Waals surface area contributed by atoms with Gasteiger partial charge in [-0.1, -0.05) is 50.7 Å². The minimum Gasteiger partial charge on any atom is -0.455 e. The zero-order valence-corrected chi connectivity index (χ0v) is 9.26. The van der Waals surface area contributed by atoms with E-state index in [2.05, 4.69) is 20.7 Å². The van der Waals surface area contributed by atoms with Crippen LogP contribution < -0.4 is 0 Å². The fraction of sp³-hybridized carbons (Fsp3) is 0.800. The predicted octanol–water partition coefficient (Wildman–Crippen LogP) is 2.44. The molecular weight excluding hydrogens is 278 g/mol. The van der Waals surface area contributed by atoms with Crippen molar-refractivity contribution in [3.63, 3.8) is 0 Å². The molecule has 0 aliphatic carbocycles. The highest BCUT2D eigenvalue weighted by molar-refractivity contribution is 9.10. The van der Waals surface area contributed by atoms with E-state index in [9.17, 15) is 4.79 Å². The zero-order valence-electron chi connectivity index (χ0n) is 5.41. The first-order valence-corrected chi connectivity index (χ1v) is 4.65. The van der Waals surface area contributed by atoms with Crippen LogP contribution >= 0.6 is 50.7 Å². The van der Waals surface area contributed by atoms with Gasteiger partial charge in [-0.3, -0.25) is 4.79 Å². The highest BCUT2D eigenvalue weighted by Gasteiger charge is 2.61. The molecule has 2 atom stereocenters. The van der Waals surface area contributed by atoms with Gasteiger partial charge in [0.25, 0.3) is 0 Å². The fourth-order valence-electron chi connectivity index (χ4n) is 0.756. The van der Waals surface area contributed by atoms with Gasteiger partial charge in [-0.15, -0.1) is 0 Å². The molecule has 0 saturated carbocycles. The molecular formula is C5H4BrCl3O2. The minimum absolute atomic E-state index is 0.408. The van der Waals surface area contributed by atoms with Crippen molar-refractivity contribution in [2.24, 2.45) is 0 Å². The SMILES string of the molecule is CC1(Br)C(=O)OC1C(Cl)(Cl)Cl. The normalized spacial score (nSPS) is 37.9. The summed E-state index contributed by atoms with van der Waals surface area (Å²) in [6.45, 7) is 1.60. The Labute approximate surface area is 87.2 Å². The van der Waals surface area contributed by atoms with Crippen LogP contribution in [0.15, 0.2) is 0 Å². The van der Waals surface area contributed by atoms with Crippen molar-refractivity contribution >= 4 is 56.7 Å². The number of alkyl halides is 4. The van der Waals surface area contributed by atoms with E-state index in [1.807, 2.05) is 0 Å². The topological polar surface area (TPSA) is 26.3 Å². The van der Waals surface area contributed by atoms with Gasteiger partial charge in [-0.2, -0.15) is 0 Å². The molecule has 0 radical (unpaired) electrons. The second kappa shape index (κ2) is 2.66. The molecule has 0 aromatic heterocycles. The van der Waals surface area contributed by atoms with Crippen molar-refractivity contribution in [1.29, 1.82) is 0 Å². The third-order valence-electron chi connectivity index (χ3n) is 1.41. The number of halogens is 4. The van der Waals surface area contributed by atoms with Crippen molar-refractivity contribution < 1.29 is 9.53 Å². The number of cyclic esters (lactones) is 1. The van der Waals surface area contributed by atoms with Gasteiger partial charge >= 0.3 is 5.97 Å². The van der Waals surface area contributed by atoms with E-state index in [0.717, 1.165) is 0 Å². The Kier molecular flexibility index (Phi) is 2.39. The second-order valence-corrected chi connectivity index (χ2v) is 6.42. The maximum Gasteiger partial charge on any atom is 0.327 e. The Morgan fingerprint density at radius 2 is 2.09 bits per heavy atom. The largest absolute Gasteiger partial charge is 0.455 e. The van der Waals surface area contributed by atoms with Crippen LogP contribution in [0.5, 0.6) is 0 Å². The number of ether oxygens (including phenoxy) is 1. The Bertz CT molecular complexity index is 198. The Morgan fingerprint density at radius 1 is 1.64 bits per heavy atom. The molecule has 2 unspecified atom stereocenters. The molecule has 64 valence electrons. The van der Waals surface area contributed by atoms with E-state index in [1.165, 1.54) is 0 Å². The standard InChI is InChI=1S/C5H4BrCl3O2/c1-4(6)2(5(7,8)9)11-3(4)10/h2H,1H3. The molecule has 0 N–H and O–H groups in total. The molecule has 0 aromatic carbocycles. The molecule has 1 rings (SSSR count). The summed E-state index contributed by atoms with van der Waals surface area (Å²) in [6.07, 6.45) is -0.715. The van der Waals surface area contributed by atoms with Crippen LogP contribution in [0.4, 0.5) is 0 Å². The van der Waals surface area contributed by atoms with Gasteiger partial charge in [0.05, 0.1) is 0 Å². The Hall–Kier alpha value is 0.820. The lowest BCUT2D eigenvalue weighted by molar-refractivity contribution is -0.175. The molecule has 1 aliphatic rings. The molecule has 0 aromatic rings. The van der Waals surface area contributed by atoms with Gasteiger partial charge in [0, 0.05) is 0 Å². The fourth-order valence-corrected chi connectivity index (χ4v) is 2.47. The number of carbonyl (C=O) groups excluding carboxylic acids is 1. The van der Waals surface area contributed by atoms with Crippen LogP contribution in [-0.4, -0.2) is 20.2 Å². The molecule has 1 saturated heterocycles. The van der Waals surface area contributed by atoms with E-state index in [1.54, 1.807) is 6.92 Å². The maximum absolute atomic E-state index is 10.8. The van der Waals surface area contributed by atoms with Crippen LogP contribution in [0.25, 0.3) is 0 Å². The zero-order chi connectivity index (χ0) is 8.86. The molecule has 0 spiro atoms. The maximum atomic E-state index is 10.8. The van der Waals surface area contributed by atoms with Gasteiger partial charge in [0.2, 0.25) is 3.79 Å². The molecule has 2 nitrogen and oxygen atoms in total. The van der Waals surface area contributed by atoms with Crippen molar-refractivity contribution in [2.75, 3.05) is 0 Å². The van der Waals surface area contributed by atoms with Crippen LogP contribution in [-0.2, 0) is 9.53 Å². The van der Waals surface area contributed by atoms with E-state index >= 15 is 0 Å². The number of rotatable bonds is 0. The van der Waals surface area contributed by atoms with Crippen LogP contribution in [0.3, 0.4) is 0 Å². The van der Waals surface area contributed by atoms with Crippen LogP contribution in [0.1, 0.15) is 6.92 Å². The molecule has 1 fully saturated rings. The van der Waals surface area contributed by atoms with Gasteiger partial charge in [0.1, 0.15) is 0 Å². The van der Waals surface area contributed by atoms with Crippen molar-refractivity contribution in [3.05, 3.63) is 0 Å². The third kappa shape index (κ3) is 1.62. The first-order valence-electron chi connectivity index (χ1n) is 2.73. The molecule has 6 heteroatoms. The van der Waals surface area contributed by atoms with E-state index in [0.29, 0.717) is 0 Å². The van der Waals surface area contributed by atoms with Gasteiger partial charge in [-0.25, -0.2) is 0 Å². The predicted molar refractivity (Wildman–Crippen MR) is 47.5 cm³/mol. The van der Waals surface area contributed by atoms with Crippen molar-refractivity contribution in [2.45, 2.75) is 21.1 Å². The summed E-state index contributed by atoms with van der Waals surface area (Å²) in [5.41, 5.74) is 0. The van der Waals surface area contributed by atoms with E-state index in [4.69, 9.17) is 34.8 Å². The van der Waals surface area contributed by atoms with Gasteiger partial charge in [-0.05, 0) is 6.92 Å². The molecule has 0 bridgehead atoms. The highest BCUT2D eigenvalue weighted by Crippen LogP contribution is 2.48. The Balaban J connectivity index is 2.75. The third-order valence-corrected chi connectivity index (χ3v) is 2.75. The lowest BCUT2D eigenvalue weighted by atomic mass is 10.0. The van der Waals surface area contributed by atoms with Crippen LogP contribution in [0.2, 0.25) is 0 Å². The van der Waals surface area contributed by atoms with Crippen molar-refractivity contribution in [3.8, 4) is 0 Å². The average Bonchev–Trinajstić information content (AvgIpc) is 1.80. The number of esters is 1. The monoisotopic (exact) mass is 280 g/mol. The summed E-state index contributed by atoms with van der Waals surface area (Å²) in [7, 11) is 0. The summed E-state index contributed by atoms with van der Waals surface area (Å²) >= 11 is 19.6. The summed E-state index contributed by atoms with van der Waals surface area (Å²) in [5, 5.41) is 0. The quantitative estimate of drug-likeness (QED) is 0.504. The summed E-state index contributed by atoms with van der Waals surface area (Å²) in [4.78, 5) is 10.8. The minimum atomic E-state index is -1.56. The highest BCUT2D eigenvalue weighted by atomic mass is 79.9. The van der Waals surface area contributed by atoms with Gasteiger partial charge in [0.15, 0.2) is 10.4 Å². The summed E-state index contributed by atoms with van der Waals surface area (Å²) < 4.78 is 2.21. The molecule has 1 heterocycles. The van der Waals surface area contributed by atoms with Gasteiger partial charge < -0.3 is 4.74 Å². The second-order valence-electron chi connectivity index (χ2n) is 2.40. The summed E-state index contributed by atoms with van der Waals surface area (Å²) in [6, 6.07) is 0. The lowest BCUT2D eigenvalue weighted by Crippen LogP contribution is -2.61. The molecule has 1 aliphatic heterocycles. The smallest absolute Gasteiger partial charge is 0.327 e. The number of carbonyl (C=O) groups is 1. The lowest BCUT2D eigenvalue weighted by Gasteiger charge is -2.43. The van der Waals surface area contributed by atoms with E-state index < -0.39 is 20.2 Å². The first-order chi connectivity index (χ1) is 4.76.